The lowest BCUT2D eigenvalue weighted by Crippen LogP contribution is -2.33. The number of nitrogens with one attached hydrogen (secondary N) is 1. The molecule has 1 saturated carbocycles. The van der Waals surface area contributed by atoms with Crippen LogP contribution in [0.2, 0.25) is 0 Å². The highest BCUT2D eigenvalue weighted by Gasteiger charge is 2.43. The number of hydrogen-bond acceptors (Lipinski definition) is 5. The Morgan fingerprint density at radius 1 is 1.03 bits per heavy atom. The molecule has 0 saturated heterocycles. The van der Waals surface area contributed by atoms with E-state index in [4.69, 9.17) is 9.47 Å². The standard InChI is InChI=1S/C20H34O4S.C3H4F3NO.C2H6/c1-5-23-20(22)18-16-17(18)12-10-8-6-7-9-11-13-19(21)24-14-15-25(2,3)4;1-7-2(8)3(4,5)6;1-2/h17-18H,5-9,11,13-16H2,1-4H3;1H3,(H,7,8);1-2H3. The molecule has 2 atom stereocenters. The Morgan fingerprint density at radius 2 is 1.63 bits per heavy atom. The van der Waals surface area contributed by atoms with E-state index >= 15 is 0 Å². The van der Waals surface area contributed by atoms with Crippen LogP contribution in [0.15, 0.2) is 0 Å². The fourth-order valence-corrected chi connectivity index (χ4v) is 3.11. The van der Waals surface area contributed by atoms with Gasteiger partial charge >= 0.3 is 24.0 Å². The molecule has 6 nitrogen and oxygen atoms in total. The summed E-state index contributed by atoms with van der Waals surface area (Å²) in [5.41, 5.74) is 0. The Balaban J connectivity index is 0. The Kier molecular flexibility index (Phi) is 19.5. The van der Waals surface area contributed by atoms with Gasteiger partial charge in [-0.25, -0.2) is 10.0 Å². The quantitative estimate of drug-likeness (QED) is 0.230. The van der Waals surface area contributed by atoms with Gasteiger partial charge in [-0.1, -0.05) is 32.6 Å². The summed E-state index contributed by atoms with van der Waals surface area (Å²) in [7, 11) is 0.340. The van der Waals surface area contributed by atoms with E-state index in [1.165, 1.54) is 5.32 Å². The average Bonchev–Trinajstić information content (AvgIpc) is 3.55. The summed E-state index contributed by atoms with van der Waals surface area (Å²) in [6.45, 7) is 6.83. The van der Waals surface area contributed by atoms with Crippen LogP contribution in [0.4, 0.5) is 13.2 Å². The van der Waals surface area contributed by atoms with Crippen LogP contribution in [0.25, 0.3) is 0 Å². The van der Waals surface area contributed by atoms with Crippen molar-refractivity contribution in [3.63, 3.8) is 0 Å². The van der Waals surface area contributed by atoms with E-state index in [0.717, 1.165) is 51.3 Å². The van der Waals surface area contributed by atoms with Gasteiger partial charge in [0, 0.05) is 31.6 Å². The number of unbranched alkanes of at least 4 members (excludes halogenated alkanes) is 4. The molecular formula is C25H44F3NO5S. The zero-order valence-electron chi connectivity index (χ0n) is 22.3. The lowest BCUT2D eigenvalue weighted by molar-refractivity contribution is -0.173. The molecule has 1 amide bonds. The van der Waals surface area contributed by atoms with Crippen LogP contribution in [-0.4, -0.2) is 68.8 Å². The second-order valence-corrected chi connectivity index (χ2v) is 13.1. The minimum absolute atomic E-state index is 0.0124. The van der Waals surface area contributed by atoms with Gasteiger partial charge in [0.05, 0.1) is 19.1 Å². The summed E-state index contributed by atoms with van der Waals surface area (Å²) >= 11 is 0. The van der Waals surface area contributed by atoms with Crippen molar-refractivity contribution in [1.82, 2.24) is 5.32 Å². The number of halogens is 3. The minimum atomic E-state index is -4.74. The molecule has 2 unspecified atom stereocenters. The third-order valence-corrected chi connectivity index (χ3v) is 5.93. The SMILES string of the molecule is CC.CCOC(=O)C1CC1C#CCCCCCCC(=O)OCCS(C)(C)C.CNC(=O)C(F)(F)F. The summed E-state index contributed by atoms with van der Waals surface area (Å²) < 4.78 is 43.4. The second kappa shape index (κ2) is 19.3. The first-order valence-electron chi connectivity index (χ1n) is 12.1. The van der Waals surface area contributed by atoms with E-state index in [-0.39, 0.29) is 23.8 Å². The summed E-state index contributed by atoms with van der Waals surface area (Å²) in [4.78, 5) is 32.7. The number of amides is 1. The van der Waals surface area contributed by atoms with Gasteiger partial charge in [0.2, 0.25) is 0 Å². The molecule has 10 heteroatoms. The molecule has 0 spiro atoms. The predicted molar refractivity (Wildman–Crippen MR) is 136 cm³/mol. The Hall–Kier alpha value is -1.89. The largest absolute Gasteiger partial charge is 0.471 e. The third kappa shape index (κ3) is 21.1. The third-order valence-electron chi connectivity index (χ3n) is 4.54. The van der Waals surface area contributed by atoms with Crippen molar-refractivity contribution in [2.24, 2.45) is 11.8 Å². The van der Waals surface area contributed by atoms with Crippen molar-refractivity contribution in [2.75, 3.05) is 44.8 Å². The van der Waals surface area contributed by atoms with Crippen molar-refractivity contribution in [2.45, 2.75) is 71.9 Å². The second-order valence-electron chi connectivity index (χ2n) is 8.53. The van der Waals surface area contributed by atoms with E-state index in [2.05, 4.69) is 30.6 Å². The van der Waals surface area contributed by atoms with E-state index < -0.39 is 22.1 Å². The molecule has 0 aliphatic heterocycles. The van der Waals surface area contributed by atoms with E-state index in [1.807, 2.05) is 20.8 Å². The number of rotatable bonds is 11. The molecule has 35 heavy (non-hydrogen) atoms. The van der Waals surface area contributed by atoms with Crippen LogP contribution in [0, 0.1) is 23.7 Å². The molecule has 0 bridgehead atoms. The molecular weight excluding hydrogens is 483 g/mol. The number of ether oxygens (including phenoxy) is 2. The lowest BCUT2D eigenvalue weighted by Gasteiger charge is -2.24. The summed E-state index contributed by atoms with van der Waals surface area (Å²) in [6.07, 6.45) is 8.24. The Bertz CT molecular complexity index is 681. The topological polar surface area (TPSA) is 81.7 Å². The van der Waals surface area contributed by atoms with Crippen LogP contribution in [0.3, 0.4) is 0 Å². The predicted octanol–water partition coefficient (Wildman–Crippen LogP) is 5.09. The first-order chi connectivity index (χ1) is 16.3. The molecule has 1 fully saturated rings. The van der Waals surface area contributed by atoms with E-state index in [1.54, 1.807) is 0 Å². The smallest absolute Gasteiger partial charge is 0.466 e. The number of hydrogen-bond donors (Lipinski definition) is 1. The van der Waals surface area contributed by atoms with Crippen LogP contribution < -0.4 is 5.32 Å². The average molecular weight is 528 g/mol. The van der Waals surface area contributed by atoms with Crippen molar-refractivity contribution in [1.29, 1.82) is 0 Å². The molecule has 1 aliphatic carbocycles. The number of alkyl halides is 3. The van der Waals surface area contributed by atoms with E-state index in [9.17, 15) is 27.6 Å². The van der Waals surface area contributed by atoms with Gasteiger partial charge in [0.25, 0.3) is 0 Å². The van der Waals surface area contributed by atoms with Crippen molar-refractivity contribution in [3.8, 4) is 11.8 Å². The van der Waals surface area contributed by atoms with Crippen molar-refractivity contribution in [3.05, 3.63) is 0 Å². The normalized spacial score (nSPS) is 16.6. The van der Waals surface area contributed by atoms with E-state index in [0.29, 0.717) is 19.6 Å². The van der Waals surface area contributed by atoms with Gasteiger partial charge in [0.15, 0.2) is 0 Å². The fraction of sp³-hybridized carbons (Fsp3) is 0.800. The molecule has 0 aromatic rings. The molecule has 0 aromatic heterocycles. The van der Waals surface area contributed by atoms with Gasteiger partial charge in [-0.2, -0.15) is 13.2 Å². The maximum absolute atomic E-state index is 11.6. The monoisotopic (exact) mass is 527 g/mol. The molecule has 0 heterocycles. The highest BCUT2D eigenvalue weighted by Crippen LogP contribution is 2.38. The molecule has 1 rings (SSSR count). The van der Waals surface area contributed by atoms with Gasteiger partial charge in [-0.05, 0) is 45.0 Å². The molecule has 1 N–H and O–H groups in total. The van der Waals surface area contributed by atoms with Crippen LogP contribution >= 0.6 is 10.0 Å². The fourth-order valence-electron chi connectivity index (χ4n) is 2.52. The molecule has 1 aliphatic rings. The van der Waals surface area contributed by atoms with Crippen molar-refractivity contribution >= 4 is 27.9 Å². The zero-order valence-corrected chi connectivity index (χ0v) is 23.1. The number of esters is 2. The Morgan fingerprint density at radius 3 is 2.11 bits per heavy atom. The highest BCUT2D eigenvalue weighted by atomic mass is 32.3. The van der Waals surface area contributed by atoms with Crippen LogP contribution in [0.1, 0.15) is 65.7 Å². The van der Waals surface area contributed by atoms with Gasteiger partial charge in [-0.15, -0.1) is 5.92 Å². The maximum Gasteiger partial charge on any atom is 0.471 e. The zero-order chi connectivity index (χ0) is 27.5. The van der Waals surface area contributed by atoms with Crippen molar-refractivity contribution < 1.29 is 37.0 Å². The first kappa shape index (κ1) is 35.3. The van der Waals surface area contributed by atoms with Crippen LogP contribution in [-0.2, 0) is 23.9 Å². The maximum atomic E-state index is 11.6. The lowest BCUT2D eigenvalue weighted by atomic mass is 10.1. The molecule has 0 radical (unpaired) electrons. The minimum Gasteiger partial charge on any atom is -0.466 e. The van der Waals surface area contributed by atoms with Gasteiger partial charge in [0.1, 0.15) is 0 Å². The van der Waals surface area contributed by atoms with Gasteiger partial charge in [-0.3, -0.25) is 14.4 Å². The molecule has 0 aromatic carbocycles. The number of carbonyl (C=O) groups is 3. The molecule has 206 valence electrons. The Labute approximate surface area is 210 Å². The summed E-state index contributed by atoms with van der Waals surface area (Å²) in [6, 6.07) is 0. The van der Waals surface area contributed by atoms with Crippen LogP contribution in [0.5, 0.6) is 0 Å². The first-order valence-corrected chi connectivity index (χ1v) is 15.1. The highest BCUT2D eigenvalue weighted by molar-refractivity contribution is 8.32. The summed E-state index contributed by atoms with van der Waals surface area (Å²) in [5, 5.41) is 1.44. The summed E-state index contributed by atoms with van der Waals surface area (Å²) in [5.74, 6) is 5.46. The van der Waals surface area contributed by atoms with Gasteiger partial charge < -0.3 is 14.8 Å². The number of carbonyl (C=O) groups excluding carboxylic acids is 3.